The van der Waals surface area contributed by atoms with Crippen LogP contribution in [-0.2, 0) is 25.8 Å². The van der Waals surface area contributed by atoms with E-state index < -0.39 is 0 Å². The van der Waals surface area contributed by atoms with E-state index in [4.69, 9.17) is 9.47 Å². The summed E-state index contributed by atoms with van der Waals surface area (Å²) in [5.74, 6) is 0.191. The van der Waals surface area contributed by atoms with E-state index in [1.807, 2.05) is 0 Å². The molecule has 0 aromatic carbocycles. The molecule has 1 aliphatic heterocycles. The third-order valence-corrected chi connectivity index (χ3v) is 2.49. The van der Waals surface area contributed by atoms with E-state index >= 15 is 0 Å². The van der Waals surface area contributed by atoms with Crippen molar-refractivity contribution in [2.24, 2.45) is 11.3 Å². The van der Waals surface area contributed by atoms with Gasteiger partial charge in [-0.15, -0.1) is 5.92 Å². The van der Waals surface area contributed by atoms with Gasteiger partial charge in [-0.25, -0.2) is 0 Å². The molecule has 1 unspecified atom stereocenters. The number of hydrogen-bond donors (Lipinski definition) is 0. The van der Waals surface area contributed by atoms with Gasteiger partial charge in [0.05, 0.1) is 13.2 Å². The van der Waals surface area contributed by atoms with Crippen LogP contribution in [-0.4, -0.2) is 19.5 Å². The standard InChI is InChI=1S/C13H23O2.BrH.Zn/c1-10(2)6-7-11(3)12-14-8-13(4,5)9-15-12;;/h6,11-12H,3,7-9H2,1-2,4-5H3;1H;/q-1;;+2/p-1. The van der Waals surface area contributed by atoms with Crippen LogP contribution in [0.15, 0.2) is 11.6 Å². The maximum absolute atomic E-state index is 5.67. The Morgan fingerprint density at radius 1 is 1.41 bits per heavy atom. The van der Waals surface area contributed by atoms with E-state index in [1.54, 1.807) is 0 Å². The number of halogens is 1. The van der Waals surface area contributed by atoms with Gasteiger partial charge in [-0.2, -0.15) is 0 Å². The molecule has 0 bridgehead atoms. The van der Waals surface area contributed by atoms with Crippen molar-refractivity contribution in [1.29, 1.82) is 0 Å². The molecule has 0 aromatic heterocycles. The SMILES string of the molecule is [CH2-]C(CC=C(C)C)C1OCC(C)(C)CO1.[Zn+][Br]. The van der Waals surface area contributed by atoms with Crippen LogP contribution in [0.5, 0.6) is 0 Å². The Hall–Kier alpha value is 0.763. The van der Waals surface area contributed by atoms with Crippen LogP contribution in [0.3, 0.4) is 0 Å². The van der Waals surface area contributed by atoms with Gasteiger partial charge in [-0.3, -0.25) is 0 Å². The second-order valence-corrected chi connectivity index (χ2v) is 5.43. The molecule has 4 heteroatoms. The Morgan fingerprint density at radius 3 is 2.29 bits per heavy atom. The van der Waals surface area contributed by atoms with Gasteiger partial charge >= 0.3 is 30.0 Å². The number of ether oxygens (including phenoxy) is 2. The van der Waals surface area contributed by atoms with Gasteiger partial charge in [-0.1, -0.05) is 31.9 Å². The normalized spacial score (nSPS) is 21.2. The molecule has 2 nitrogen and oxygen atoms in total. The molecule has 1 rings (SSSR count). The van der Waals surface area contributed by atoms with Gasteiger partial charge < -0.3 is 16.4 Å². The zero-order valence-corrected chi connectivity index (χ0v) is 16.0. The Morgan fingerprint density at radius 2 is 1.88 bits per heavy atom. The molecular weight excluding hydrogens is 333 g/mol. The second-order valence-electron chi connectivity index (χ2n) is 5.43. The third kappa shape index (κ3) is 7.71. The van der Waals surface area contributed by atoms with E-state index in [0.717, 1.165) is 19.6 Å². The molecule has 0 N–H and O–H groups in total. The van der Waals surface area contributed by atoms with E-state index in [9.17, 15) is 0 Å². The van der Waals surface area contributed by atoms with Crippen molar-refractivity contribution in [2.45, 2.75) is 40.4 Å². The fraction of sp³-hybridized carbons (Fsp3) is 0.769. The minimum atomic E-state index is -0.131. The predicted octanol–water partition coefficient (Wildman–Crippen LogP) is 4.04. The van der Waals surface area contributed by atoms with Crippen LogP contribution >= 0.6 is 13.6 Å². The molecule has 1 atom stereocenters. The first-order chi connectivity index (χ1) is 7.91. The topological polar surface area (TPSA) is 18.5 Å². The van der Waals surface area contributed by atoms with Crippen molar-refractivity contribution in [1.82, 2.24) is 0 Å². The van der Waals surface area contributed by atoms with Crippen LogP contribution in [0.2, 0.25) is 0 Å². The van der Waals surface area contributed by atoms with Crippen molar-refractivity contribution in [3.63, 3.8) is 0 Å². The average molecular weight is 357 g/mol. The summed E-state index contributed by atoms with van der Waals surface area (Å²) < 4.78 is 11.3. The van der Waals surface area contributed by atoms with Crippen molar-refractivity contribution >= 4 is 13.6 Å². The van der Waals surface area contributed by atoms with E-state index in [1.165, 1.54) is 21.9 Å². The Balaban J connectivity index is 0.00000121. The molecule has 1 fully saturated rings. The minimum absolute atomic E-state index is 0.131. The average Bonchev–Trinajstić information content (AvgIpc) is 2.28. The summed E-state index contributed by atoms with van der Waals surface area (Å²) in [5, 5.41) is 0. The second kappa shape index (κ2) is 8.79. The van der Waals surface area contributed by atoms with Gasteiger partial charge in [0.1, 0.15) is 6.29 Å². The monoisotopic (exact) mass is 354 g/mol. The van der Waals surface area contributed by atoms with Gasteiger partial charge in [0.2, 0.25) is 0 Å². The molecule has 1 aliphatic rings. The van der Waals surface area contributed by atoms with Crippen molar-refractivity contribution in [3.8, 4) is 0 Å². The molecule has 1 saturated heterocycles. The summed E-state index contributed by atoms with van der Waals surface area (Å²) in [6.45, 7) is 14.1. The maximum atomic E-state index is 5.67. The first kappa shape index (κ1) is 17.8. The Bertz CT molecular complexity index is 228. The fourth-order valence-electron chi connectivity index (χ4n) is 1.48. The zero-order chi connectivity index (χ0) is 13.5. The van der Waals surface area contributed by atoms with Gasteiger partial charge in [0.15, 0.2) is 0 Å². The molecule has 17 heavy (non-hydrogen) atoms. The van der Waals surface area contributed by atoms with Crippen LogP contribution < -0.4 is 0 Å². The van der Waals surface area contributed by atoms with Crippen LogP contribution in [0, 0.1) is 18.3 Å². The van der Waals surface area contributed by atoms with Crippen LogP contribution in [0.4, 0.5) is 0 Å². The molecule has 0 radical (unpaired) electrons. The molecule has 0 saturated carbocycles. The fourth-order valence-corrected chi connectivity index (χ4v) is 1.48. The summed E-state index contributed by atoms with van der Waals surface area (Å²) in [6, 6.07) is 0. The molecule has 0 amide bonds. The van der Waals surface area contributed by atoms with Crippen molar-refractivity contribution < 1.29 is 25.8 Å². The molecule has 0 spiro atoms. The summed E-state index contributed by atoms with van der Waals surface area (Å²) in [7, 11) is 0. The first-order valence-corrected chi connectivity index (χ1v) is 12.8. The summed E-state index contributed by atoms with van der Waals surface area (Å²) in [5.41, 5.74) is 1.46. The molecule has 96 valence electrons. The van der Waals surface area contributed by atoms with Gasteiger partial charge in [0.25, 0.3) is 0 Å². The van der Waals surface area contributed by atoms with E-state index in [0.29, 0.717) is 0 Å². The van der Waals surface area contributed by atoms with Crippen LogP contribution in [0.1, 0.15) is 34.1 Å². The number of hydrogen-bond acceptors (Lipinski definition) is 2. The predicted molar refractivity (Wildman–Crippen MR) is 71.3 cm³/mol. The van der Waals surface area contributed by atoms with Gasteiger partial charge in [-0.05, 0) is 13.8 Å². The molecule has 0 aliphatic carbocycles. The molecule has 1 heterocycles. The summed E-state index contributed by atoms with van der Waals surface area (Å²) in [6.07, 6.45) is 2.98. The number of rotatable bonds is 3. The Labute approximate surface area is 123 Å². The van der Waals surface area contributed by atoms with Gasteiger partial charge in [0, 0.05) is 5.41 Å². The quantitative estimate of drug-likeness (QED) is 0.432. The molecular formula is C13H23BrO2Zn. The molecule has 0 aromatic rings. The zero-order valence-electron chi connectivity index (χ0n) is 11.5. The number of allylic oxidation sites excluding steroid dienone is 2. The van der Waals surface area contributed by atoms with E-state index in [-0.39, 0.29) is 17.6 Å². The summed E-state index contributed by atoms with van der Waals surface area (Å²) in [4.78, 5) is 0. The third-order valence-electron chi connectivity index (χ3n) is 2.49. The van der Waals surface area contributed by atoms with Crippen molar-refractivity contribution in [2.75, 3.05) is 13.2 Å². The Kier molecular flexibility index (Phi) is 9.19. The summed E-state index contributed by atoms with van der Waals surface area (Å²) >= 11 is 4.25. The van der Waals surface area contributed by atoms with Crippen LogP contribution in [0.25, 0.3) is 0 Å². The first-order valence-electron chi connectivity index (χ1n) is 5.87. The van der Waals surface area contributed by atoms with Crippen molar-refractivity contribution in [3.05, 3.63) is 18.6 Å². The van der Waals surface area contributed by atoms with E-state index in [2.05, 4.69) is 54.3 Å².